The molecule has 1 amide bonds. The van der Waals surface area contributed by atoms with Gasteiger partial charge in [0.05, 0.1) is 0 Å². The van der Waals surface area contributed by atoms with Crippen molar-refractivity contribution in [2.24, 2.45) is 17.8 Å². The van der Waals surface area contributed by atoms with Crippen LogP contribution in [0.25, 0.3) is 0 Å². The predicted molar refractivity (Wildman–Crippen MR) is 103 cm³/mol. The van der Waals surface area contributed by atoms with Crippen LogP contribution in [0.15, 0.2) is 24.3 Å². The minimum absolute atomic E-state index is 0.119. The monoisotopic (exact) mass is 363 g/mol. The fourth-order valence-electron chi connectivity index (χ4n) is 4.27. The van der Waals surface area contributed by atoms with Crippen LogP contribution in [-0.2, 0) is 4.79 Å². The van der Waals surface area contributed by atoms with Crippen molar-refractivity contribution in [3.63, 3.8) is 0 Å². The number of hydrogen-bond donors (Lipinski definition) is 0. The van der Waals surface area contributed by atoms with Gasteiger partial charge in [0.15, 0.2) is 0 Å². The van der Waals surface area contributed by atoms with Crippen molar-refractivity contribution in [3.8, 4) is 0 Å². The van der Waals surface area contributed by atoms with Crippen LogP contribution in [0.2, 0.25) is 0 Å². The topological polar surface area (TPSA) is 20.3 Å². The zero-order valence-corrected chi connectivity index (χ0v) is 16.2. The van der Waals surface area contributed by atoms with Gasteiger partial charge in [0.1, 0.15) is 5.82 Å². The Morgan fingerprint density at radius 1 is 1.12 bits per heavy atom. The highest BCUT2D eigenvalue weighted by Crippen LogP contribution is 2.37. The maximum Gasteiger partial charge on any atom is 0.225 e. The van der Waals surface area contributed by atoms with E-state index in [4.69, 9.17) is 0 Å². The smallest absolute Gasteiger partial charge is 0.225 e. The third-order valence-electron chi connectivity index (χ3n) is 5.97. The van der Waals surface area contributed by atoms with Gasteiger partial charge < -0.3 is 4.90 Å². The van der Waals surface area contributed by atoms with Gasteiger partial charge in [-0.05, 0) is 50.0 Å². The third-order valence-corrected chi connectivity index (χ3v) is 7.28. The number of hydrogen-bond acceptors (Lipinski definition) is 2. The first-order chi connectivity index (χ1) is 12.1. The van der Waals surface area contributed by atoms with Gasteiger partial charge in [-0.15, -0.1) is 0 Å². The molecule has 25 heavy (non-hydrogen) atoms. The summed E-state index contributed by atoms with van der Waals surface area (Å²) in [7, 11) is 0. The highest BCUT2D eigenvalue weighted by atomic mass is 32.2. The van der Waals surface area contributed by atoms with Crippen LogP contribution in [0.1, 0.15) is 56.8 Å². The Hall–Kier alpha value is -1.03. The second kappa shape index (κ2) is 8.57. The van der Waals surface area contributed by atoms with E-state index in [0.717, 1.165) is 55.5 Å². The van der Waals surface area contributed by atoms with E-state index >= 15 is 0 Å². The summed E-state index contributed by atoms with van der Waals surface area (Å²) in [4.78, 5) is 15.0. The van der Waals surface area contributed by atoms with Crippen molar-refractivity contribution in [2.45, 2.75) is 51.2 Å². The minimum atomic E-state index is -0.119. The molecule has 1 aliphatic heterocycles. The van der Waals surface area contributed by atoms with Crippen molar-refractivity contribution in [1.29, 1.82) is 0 Å². The second-order valence-electron chi connectivity index (χ2n) is 7.85. The maximum atomic E-state index is 14.1. The number of benzene rings is 1. The van der Waals surface area contributed by atoms with Gasteiger partial charge in [-0.2, -0.15) is 11.8 Å². The Labute approximate surface area is 155 Å². The van der Waals surface area contributed by atoms with Crippen LogP contribution in [0, 0.1) is 23.6 Å². The van der Waals surface area contributed by atoms with Crippen molar-refractivity contribution >= 4 is 17.7 Å². The largest absolute Gasteiger partial charge is 0.342 e. The van der Waals surface area contributed by atoms with Gasteiger partial charge in [0.25, 0.3) is 0 Å². The first-order valence-corrected chi connectivity index (χ1v) is 10.8. The summed E-state index contributed by atoms with van der Waals surface area (Å²) >= 11 is 1.79. The van der Waals surface area contributed by atoms with E-state index in [1.165, 1.54) is 18.9 Å². The summed E-state index contributed by atoms with van der Waals surface area (Å²) in [5, 5.41) is 0.163. The predicted octanol–water partition coefficient (Wildman–Crippen LogP) is 5.29. The molecule has 2 nitrogen and oxygen atoms in total. The summed E-state index contributed by atoms with van der Waals surface area (Å²) in [5.74, 6) is 2.85. The third kappa shape index (κ3) is 4.58. The van der Waals surface area contributed by atoms with E-state index in [0.29, 0.717) is 5.91 Å². The van der Waals surface area contributed by atoms with E-state index < -0.39 is 0 Å². The van der Waals surface area contributed by atoms with Gasteiger partial charge >= 0.3 is 0 Å². The molecule has 1 saturated carbocycles. The summed E-state index contributed by atoms with van der Waals surface area (Å²) in [6.07, 6.45) is 5.31. The van der Waals surface area contributed by atoms with E-state index in [-0.39, 0.29) is 17.0 Å². The number of rotatable bonds is 3. The average molecular weight is 364 g/mol. The maximum absolute atomic E-state index is 14.1. The van der Waals surface area contributed by atoms with Crippen LogP contribution in [0.3, 0.4) is 0 Å². The van der Waals surface area contributed by atoms with E-state index in [1.807, 2.05) is 17.0 Å². The molecule has 0 radical (unpaired) electrons. The zero-order valence-electron chi connectivity index (χ0n) is 15.4. The van der Waals surface area contributed by atoms with Crippen molar-refractivity contribution in [3.05, 3.63) is 35.6 Å². The fourth-order valence-corrected chi connectivity index (χ4v) is 5.52. The molecule has 138 valence electrons. The van der Waals surface area contributed by atoms with Crippen molar-refractivity contribution in [1.82, 2.24) is 4.90 Å². The molecule has 1 aromatic rings. The molecule has 1 atom stereocenters. The molecule has 1 aliphatic carbocycles. The molecule has 2 aliphatic rings. The molecule has 0 N–H and O–H groups in total. The number of carbonyl (C=O) groups is 1. The highest BCUT2D eigenvalue weighted by molar-refractivity contribution is 7.99. The number of carbonyl (C=O) groups excluding carboxylic acids is 1. The van der Waals surface area contributed by atoms with E-state index in [1.54, 1.807) is 17.8 Å². The standard InChI is InChI=1S/C21H30FNOS/c1-15(2)16-7-9-17(10-8-16)21(24)23-12-11-20(25-14-13-23)18-5-3-4-6-19(18)22/h3-6,15-17,20H,7-14H2,1-2H3. The zero-order chi connectivity index (χ0) is 17.8. The molecule has 2 fully saturated rings. The van der Waals surface area contributed by atoms with Crippen molar-refractivity contribution < 1.29 is 9.18 Å². The summed E-state index contributed by atoms with van der Waals surface area (Å²) in [5.41, 5.74) is 0.791. The van der Waals surface area contributed by atoms with Crippen LogP contribution in [0.5, 0.6) is 0 Å². The Morgan fingerprint density at radius 3 is 2.52 bits per heavy atom. The first-order valence-electron chi connectivity index (χ1n) is 9.71. The quantitative estimate of drug-likeness (QED) is 0.727. The van der Waals surface area contributed by atoms with Gasteiger partial charge in [-0.3, -0.25) is 4.79 Å². The van der Waals surface area contributed by atoms with Gasteiger partial charge in [0, 0.05) is 35.6 Å². The SMILES string of the molecule is CC(C)C1CCC(C(=O)N2CCSC(c3ccccc3F)CC2)CC1. The molecule has 0 aromatic heterocycles. The molecule has 3 rings (SSSR count). The fraction of sp³-hybridized carbons (Fsp3) is 0.667. The normalized spacial score (nSPS) is 28.0. The Balaban J connectivity index is 1.56. The second-order valence-corrected chi connectivity index (χ2v) is 9.16. The summed E-state index contributed by atoms with van der Waals surface area (Å²) in [6.45, 7) is 6.15. The lowest BCUT2D eigenvalue weighted by molar-refractivity contribution is -0.136. The Kier molecular flexibility index (Phi) is 6.43. The Morgan fingerprint density at radius 2 is 1.84 bits per heavy atom. The molecule has 1 saturated heterocycles. The molecule has 1 aromatic carbocycles. The molecule has 0 bridgehead atoms. The number of halogens is 1. The summed E-state index contributed by atoms with van der Waals surface area (Å²) < 4.78 is 14.1. The minimum Gasteiger partial charge on any atom is -0.342 e. The van der Waals surface area contributed by atoms with E-state index in [2.05, 4.69) is 13.8 Å². The van der Waals surface area contributed by atoms with Crippen LogP contribution < -0.4 is 0 Å². The number of amides is 1. The number of nitrogens with zero attached hydrogens (tertiary/aromatic N) is 1. The lowest BCUT2D eigenvalue weighted by Crippen LogP contribution is -2.39. The van der Waals surface area contributed by atoms with Crippen LogP contribution >= 0.6 is 11.8 Å². The molecule has 0 spiro atoms. The molecule has 4 heteroatoms. The molecular formula is C21H30FNOS. The van der Waals surface area contributed by atoms with Gasteiger partial charge in [-0.25, -0.2) is 4.39 Å². The molecule has 1 unspecified atom stereocenters. The Bertz CT molecular complexity index is 583. The van der Waals surface area contributed by atoms with Crippen molar-refractivity contribution in [2.75, 3.05) is 18.8 Å². The highest BCUT2D eigenvalue weighted by Gasteiger charge is 2.32. The average Bonchev–Trinajstić information content (AvgIpc) is 2.87. The van der Waals surface area contributed by atoms with Crippen LogP contribution in [-0.4, -0.2) is 29.6 Å². The summed E-state index contributed by atoms with van der Waals surface area (Å²) in [6, 6.07) is 7.07. The lowest BCUT2D eigenvalue weighted by Gasteiger charge is -2.33. The molecule has 1 heterocycles. The first kappa shape index (κ1) is 18.8. The van der Waals surface area contributed by atoms with E-state index in [9.17, 15) is 9.18 Å². The lowest BCUT2D eigenvalue weighted by atomic mass is 9.76. The van der Waals surface area contributed by atoms with Gasteiger partial charge in [-0.1, -0.05) is 32.0 Å². The van der Waals surface area contributed by atoms with Crippen LogP contribution in [0.4, 0.5) is 4.39 Å². The number of thioether (sulfide) groups is 1. The van der Waals surface area contributed by atoms with Gasteiger partial charge in [0.2, 0.25) is 5.91 Å². The molecular weight excluding hydrogens is 333 g/mol.